The van der Waals surface area contributed by atoms with Gasteiger partial charge >= 0.3 is 0 Å². The summed E-state index contributed by atoms with van der Waals surface area (Å²) in [4.78, 5) is 3.47. The fraction of sp³-hybridized carbons (Fsp3) is 0.538. The average molecular weight is 267 g/mol. The van der Waals surface area contributed by atoms with Gasteiger partial charge in [-0.15, -0.1) is 11.3 Å². The van der Waals surface area contributed by atoms with E-state index in [4.69, 9.17) is 14.9 Å². The third-order valence-electron chi connectivity index (χ3n) is 2.84. The van der Waals surface area contributed by atoms with Gasteiger partial charge in [0.15, 0.2) is 0 Å². The molecule has 18 heavy (non-hydrogen) atoms. The molecule has 0 saturated carbocycles. The van der Waals surface area contributed by atoms with Crippen molar-refractivity contribution in [1.29, 1.82) is 0 Å². The van der Waals surface area contributed by atoms with Crippen LogP contribution in [0.1, 0.15) is 10.4 Å². The molecule has 0 radical (unpaired) electrons. The van der Waals surface area contributed by atoms with Gasteiger partial charge in [-0.2, -0.15) is 0 Å². The van der Waals surface area contributed by atoms with Crippen LogP contribution in [0, 0.1) is 11.8 Å². The van der Waals surface area contributed by atoms with Gasteiger partial charge in [0.2, 0.25) is 0 Å². The van der Waals surface area contributed by atoms with Crippen LogP contribution in [-0.2, 0) is 11.3 Å². The van der Waals surface area contributed by atoms with E-state index in [0.29, 0.717) is 6.61 Å². The van der Waals surface area contributed by atoms with Gasteiger partial charge in [-0.3, -0.25) is 4.90 Å². The van der Waals surface area contributed by atoms with Gasteiger partial charge in [0.25, 0.3) is 0 Å². The van der Waals surface area contributed by atoms with Crippen LogP contribution in [0.2, 0.25) is 0 Å². The predicted octanol–water partition coefficient (Wildman–Crippen LogP) is 0.285. The van der Waals surface area contributed by atoms with Gasteiger partial charge in [0, 0.05) is 30.1 Å². The molecule has 0 aliphatic carbocycles. The van der Waals surface area contributed by atoms with Crippen LogP contribution in [0.5, 0.6) is 0 Å². The molecule has 0 aromatic carbocycles. The molecule has 1 atom stereocenters. The number of nitrogens with zero attached hydrogens (tertiary/aromatic N) is 1. The zero-order chi connectivity index (χ0) is 12.8. The van der Waals surface area contributed by atoms with Gasteiger partial charge in [-0.25, -0.2) is 0 Å². The van der Waals surface area contributed by atoms with Crippen molar-refractivity contribution in [2.45, 2.75) is 12.6 Å². The maximum absolute atomic E-state index is 9.11. The molecule has 5 heteroatoms. The summed E-state index contributed by atoms with van der Waals surface area (Å²) in [7, 11) is 0. The van der Waals surface area contributed by atoms with Gasteiger partial charge < -0.3 is 14.9 Å². The van der Waals surface area contributed by atoms with Crippen molar-refractivity contribution in [3.63, 3.8) is 0 Å². The maximum Gasteiger partial charge on any atom is 0.104 e. The highest BCUT2D eigenvalue weighted by molar-refractivity contribution is 7.10. The lowest BCUT2D eigenvalue weighted by atomic mass is 10.2. The Morgan fingerprint density at radius 3 is 3.17 bits per heavy atom. The summed E-state index contributed by atoms with van der Waals surface area (Å²) in [5.74, 6) is 5.64. The zero-order valence-electron chi connectivity index (χ0n) is 10.1. The highest BCUT2D eigenvalue weighted by Gasteiger charge is 2.20. The van der Waals surface area contributed by atoms with E-state index in [9.17, 15) is 0 Å². The summed E-state index contributed by atoms with van der Waals surface area (Å²) < 4.78 is 5.42. The third-order valence-corrected chi connectivity index (χ3v) is 3.75. The molecule has 0 amide bonds. The molecular weight excluding hydrogens is 250 g/mol. The van der Waals surface area contributed by atoms with Crippen molar-refractivity contribution in [1.82, 2.24) is 4.90 Å². The first-order valence-electron chi connectivity index (χ1n) is 5.94. The van der Waals surface area contributed by atoms with E-state index in [-0.39, 0.29) is 19.3 Å². The first-order chi connectivity index (χ1) is 8.83. The Bertz CT molecular complexity index is 435. The fourth-order valence-corrected chi connectivity index (χ4v) is 2.82. The Morgan fingerprint density at radius 2 is 2.39 bits per heavy atom. The molecule has 1 fully saturated rings. The minimum Gasteiger partial charge on any atom is -0.394 e. The summed E-state index contributed by atoms with van der Waals surface area (Å²) in [6.45, 7) is 3.07. The van der Waals surface area contributed by atoms with Crippen LogP contribution < -0.4 is 0 Å². The first kappa shape index (κ1) is 13.5. The summed E-state index contributed by atoms with van der Waals surface area (Å²) >= 11 is 1.67. The quantitative estimate of drug-likeness (QED) is 0.773. The van der Waals surface area contributed by atoms with Crippen LogP contribution in [-0.4, -0.2) is 54.1 Å². The fourth-order valence-electron chi connectivity index (χ4n) is 1.95. The average Bonchev–Trinajstić information content (AvgIpc) is 2.84. The number of morpholine rings is 1. The highest BCUT2D eigenvalue weighted by atomic mass is 32.1. The largest absolute Gasteiger partial charge is 0.394 e. The van der Waals surface area contributed by atoms with Gasteiger partial charge in [-0.1, -0.05) is 11.8 Å². The minimum atomic E-state index is -0.112. The van der Waals surface area contributed by atoms with Crippen LogP contribution in [0.15, 0.2) is 11.4 Å². The Labute approximate surface area is 111 Å². The summed E-state index contributed by atoms with van der Waals surface area (Å²) in [5.41, 5.74) is 0.987. The number of aliphatic hydroxyl groups is 2. The van der Waals surface area contributed by atoms with E-state index >= 15 is 0 Å². The van der Waals surface area contributed by atoms with Gasteiger partial charge in [0.05, 0.1) is 19.3 Å². The molecular formula is C13H17NO3S. The first-order valence-corrected chi connectivity index (χ1v) is 6.82. The zero-order valence-corrected chi connectivity index (χ0v) is 10.9. The SMILES string of the molecule is OCC#Cc1ccsc1CN1CCOC(CO)C1. The van der Waals surface area contributed by atoms with E-state index in [0.717, 1.165) is 25.2 Å². The molecule has 1 saturated heterocycles. The van der Waals surface area contributed by atoms with Gasteiger partial charge in [-0.05, 0) is 11.4 Å². The highest BCUT2D eigenvalue weighted by Crippen LogP contribution is 2.19. The van der Waals surface area contributed by atoms with Crippen LogP contribution in [0.4, 0.5) is 0 Å². The normalized spacial score (nSPS) is 20.4. The van der Waals surface area contributed by atoms with E-state index in [1.165, 1.54) is 4.88 Å². The van der Waals surface area contributed by atoms with Crippen LogP contribution in [0.25, 0.3) is 0 Å². The van der Waals surface area contributed by atoms with E-state index in [2.05, 4.69) is 16.7 Å². The third kappa shape index (κ3) is 3.55. The Hall–Kier alpha value is -0.900. The van der Waals surface area contributed by atoms with Crippen molar-refractivity contribution >= 4 is 11.3 Å². The van der Waals surface area contributed by atoms with E-state index in [1.54, 1.807) is 11.3 Å². The number of ether oxygens (including phenoxy) is 1. The van der Waals surface area contributed by atoms with E-state index < -0.39 is 0 Å². The van der Waals surface area contributed by atoms with Crippen molar-refractivity contribution in [2.75, 3.05) is 32.9 Å². The summed E-state index contributed by atoms with van der Waals surface area (Å²) in [6.07, 6.45) is -0.0781. The molecule has 2 N–H and O–H groups in total. The van der Waals surface area contributed by atoms with Crippen molar-refractivity contribution in [3.8, 4) is 11.8 Å². The molecule has 0 spiro atoms. The monoisotopic (exact) mass is 267 g/mol. The standard InChI is InChI=1S/C13H17NO3S/c15-5-1-2-11-3-7-18-13(11)9-14-4-6-17-12(8-14)10-16/h3,7,12,15-16H,4-6,8-10H2. The maximum atomic E-state index is 9.11. The molecule has 1 aliphatic heterocycles. The second kappa shape index (κ2) is 6.88. The number of rotatable bonds is 3. The molecule has 2 rings (SSSR count). The molecule has 0 bridgehead atoms. The molecule has 4 nitrogen and oxygen atoms in total. The molecule has 2 heterocycles. The van der Waals surface area contributed by atoms with Crippen LogP contribution >= 0.6 is 11.3 Å². The Kier molecular flexibility index (Phi) is 5.17. The Balaban J connectivity index is 1.98. The molecule has 1 aromatic rings. The number of hydrogen-bond acceptors (Lipinski definition) is 5. The lowest BCUT2D eigenvalue weighted by Crippen LogP contribution is -2.43. The predicted molar refractivity (Wildman–Crippen MR) is 70.4 cm³/mol. The smallest absolute Gasteiger partial charge is 0.104 e. The van der Waals surface area contributed by atoms with Crippen LogP contribution in [0.3, 0.4) is 0 Å². The molecule has 98 valence electrons. The number of thiophene rings is 1. The lowest BCUT2D eigenvalue weighted by Gasteiger charge is -2.31. The second-order valence-corrected chi connectivity index (χ2v) is 5.13. The van der Waals surface area contributed by atoms with Crippen molar-refractivity contribution < 1.29 is 14.9 Å². The van der Waals surface area contributed by atoms with Crippen molar-refractivity contribution in [2.24, 2.45) is 0 Å². The van der Waals surface area contributed by atoms with Gasteiger partial charge in [0.1, 0.15) is 6.61 Å². The summed E-state index contributed by atoms with van der Waals surface area (Å²) in [6, 6.07) is 1.98. The van der Waals surface area contributed by atoms with E-state index in [1.807, 2.05) is 11.4 Å². The second-order valence-electron chi connectivity index (χ2n) is 4.13. The number of hydrogen-bond donors (Lipinski definition) is 2. The topological polar surface area (TPSA) is 52.9 Å². The summed E-state index contributed by atoms with van der Waals surface area (Å²) in [5, 5.41) is 19.8. The molecule has 1 aromatic heterocycles. The Morgan fingerprint density at radius 1 is 1.50 bits per heavy atom. The lowest BCUT2D eigenvalue weighted by molar-refractivity contribution is -0.0548. The van der Waals surface area contributed by atoms with Crippen molar-refractivity contribution in [3.05, 3.63) is 21.9 Å². The molecule has 1 aliphatic rings. The number of aliphatic hydroxyl groups excluding tert-OH is 2. The minimum absolute atomic E-state index is 0.0676. The molecule has 1 unspecified atom stereocenters.